The Morgan fingerprint density at radius 3 is 2.40 bits per heavy atom. The van der Waals surface area contributed by atoms with Gasteiger partial charge >= 0.3 is 7.12 Å². The fourth-order valence-corrected chi connectivity index (χ4v) is 3.33. The van der Waals surface area contributed by atoms with Crippen LogP contribution in [0, 0.1) is 19.3 Å². The molecule has 0 radical (unpaired) electrons. The summed E-state index contributed by atoms with van der Waals surface area (Å²) in [6.07, 6.45) is 1.44. The van der Waals surface area contributed by atoms with E-state index in [9.17, 15) is 14.6 Å². The van der Waals surface area contributed by atoms with Crippen LogP contribution in [0.3, 0.4) is 0 Å². The number of amides is 2. The van der Waals surface area contributed by atoms with Crippen LogP contribution in [0.15, 0.2) is 41.6 Å². The normalized spacial score (nSPS) is 12.8. The number of rotatable bonds is 3. The molecule has 2 amide bonds. The van der Waals surface area contributed by atoms with Gasteiger partial charge in [-0.1, -0.05) is 44.0 Å². The minimum Gasteiger partial charge on any atom is -0.427 e. The van der Waals surface area contributed by atoms with Crippen molar-refractivity contribution in [3.63, 3.8) is 0 Å². The first-order chi connectivity index (χ1) is 14.0. The molecule has 1 aliphatic heterocycles. The van der Waals surface area contributed by atoms with Crippen molar-refractivity contribution in [3.05, 3.63) is 64.2 Å². The maximum atomic E-state index is 13.2. The average Bonchev–Trinajstić information content (AvgIpc) is 2.65. The van der Waals surface area contributed by atoms with Gasteiger partial charge in [0.1, 0.15) is 0 Å². The molecule has 0 unspecified atom stereocenters. The van der Waals surface area contributed by atoms with E-state index >= 15 is 0 Å². The molecule has 1 heterocycles. The van der Waals surface area contributed by atoms with E-state index in [4.69, 9.17) is 4.76 Å². The summed E-state index contributed by atoms with van der Waals surface area (Å²) in [5, 5.41) is 14.8. The van der Waals surface area contributed by atoms with Gasteiger partial charge in [0.25, 0.3) is 11.8 Å². The lowest BCUT2D eigenvalue weighted by Gasteiger charge is -2.30. The summed E-state index contributed by atoms with van der Waals surface area (Å²) in [5.41, 5.74) is 6.47. The molecule has 2 aromatic rings. The van der Waals surface area contributed by atoms with E-state index < -0.39 is 13.0 Å². The molecule has 30 heavy (non-hydrogen) atoms. The van der Waals surface area contributed by atoms with Gasteiger partial charge in [-0.15, -0.1) is 5.16 Å². The maximum Gasteiger partial charge on any atom is 0.583 e. The summed E-state index contributed by atoms with van der Waals surface area (Å²) < 4.78 is 4.80. The zero-order chi connectivity index (χ0) is 22.1. The van der Waals surface area contributed by atoms with Crippen LogP contribution in [-0.4, -0.2) is 41.7 Å². The highest BCUT2D eigenvalue weighted by Gasteiger charge is 2.27. The Hall–Kier alpha value is -3.13. The number of oxime groups is 1. The lowest BCUT2D eigenvalue weighted by Crippen LogP contribution is -2.50. The van der Waals surface area contributed by atoms with Crippen LogP contribution in [0.25, 0.3) is 0 Å². The number of fused-ring (bicyclic) bond motifs is 1. The Morgan fingerprint density at radius 1 is 1.10 bits per heavy atom. The highest BCUT2D eigenvalue weighted by Crippen LogP contribution is 2.18. The van der Waals surface area contributed by atoms with Crippen molar-refractivity contribution in [2.75, 3.05) is 6.54 Å². The molecule has 8 heteroatoms. The third-order valence-electron chi connectivity index (χ3n) is 4.55. The first-order valence-corrected chi connectivity index (χ1v) is 9.76. The number of carbonyl (C=O) groups is 2. The summed E-state index contributed by atoms with van der Waals surface area (Å²) in [6.45, 7) is 10.2. The monoisotopic (exact) mass is 407 g/mol. The largest absolute Gasteiger partial charge is 0.583 e. The Kier molecular flexibility index (Phi) is 5.98. The Balaban J connectivity index is 1.87. The van der Waals surface area contributed by atoms with Gasteiger partial charge in [-0.2, -0.15) is 0 Å². The Labute approximate surface area is 176 Å². The van der Waals surface area contributed by atoms with Crippen LogP contribution in [0.4, 0.5) is 0 Å². The molecule has 2 N–H and O–H groups in total. The Morgan fingerprint density at radius 2 is 1.77 bits per heavy atom. The van der Waals surface area contributed by atoms with Crippen molar-refractivity contribution >= 4 is 30.6 Å². The second kappa shape index (κ2) is 8.32. The minimum absolute atomic E-state index is 0.230. The smallest absolute Gasteiger partial charge is 0.427 e. The van der Waals surface area contributed by atoms with Crippen molar-refractivity contribution in [3.8, 4) is 0 Å². The molecule has 0 fully saturated rings. The zero-order valence-corrected chi connectivity index (χ0v) is 17.9. The van der Waals surface area contributed by atoms with Crippen LogP contribution in [0.1, 0.15) is 58.2 Å². The molecule has 0 spiro atoms. The van der Waals surface area contributed by atoms with E-state index in [1.807, 2.05) is 52.8 Å². The van der Waals surface area contributed by atoms with Crippen molar-refractivity contribution in [2.45, 2.75) is 34.6 Å². The molecule has 2 aromatic carbocycles. The molecule has 0 saturated carbocycles. The molecule has 0 saturated heterocycles. The zero-order valence-electron chi connectivity index (χ0n) is 17.9. The fraction of sp³-hybridized carbons (Fsp3) is 0.318. The number of benzene rings is 2. The maximum absolute atomic E-state index is 13.2. The second-order valence-electron chi connectivity index (χ2n) is 8.81. The number of hydrogen-bond donors (Lipinski definition) is 2. The molecule has 3 rings (SSSR count). The molecule has 0 atom stereocenters. The van der Waals surface area contributed by atoms with E-state index in [0.717, 1.165) is 11.1 Å². The van der Waals surface area contributed by atoms with Gasteiger partial charge in [-0.25, -0.2) is 5.01 Å². The summed E-state index contributed by atoms with van der Waals surface area (Å²) in [4.78, 5) is 26.1. The predicted octanol–water partition coefficient (Wildman–Crippen LogP) is 2.19. The summed E-state index contributed by atoms with van der Waals surface area (Å²) in [6, 6.07) is 10.4. The van der Waals surface area contributed by atoms with E-state index in [0.29, 0.717) is 28.7 Å². The van der Waals surface area contributed by atoms with Gasteiger partial charge in [-0.05, 0) is 49.1 Å². The van der Waals surface area contributed by atoms with Gasteiger partial charge in [-0.3, -0.25) is 15.0 Å². The molecule has 1 aliphatic rings. The molecule has 0 aliphatic carbocycles. The first-order valence-electron chi connectivity index (χ1n) is 9.76. The highest BCUT2D eigenvalue weighted by atomic mass is 16.6. The molecular formula is C22H26BN3O4. The number of hydrazine groups is 1. The van der Waals surface area contributed by atoms with Crippen molar-refractivity contribution in [1.29, 1.82) is 0 Å². The third kappa shape index (κ3) is 5.07. The standard InChI is InChI=1S/C22H26BN3O4/c1-14-8-15(2)10-17(9-14)21(28)26(13-22(3,4)5)25-20(27)16-6-7-19-18(11-16)12-24-30-23(19)29/h6-12,29H,13H2,1-5H3,(H,25,27). The van der Waals surface area contributed by atoms with E-state index in [1.165, 1.54) is 11.2 Å². The van der Waals surface area contributed by atoms with Gasteiger partial charge in [0, 0.05) is 23.1 Å². The lowest BCUT2D eigenvalue weighted by molar-refractivity contribution is 0.0509. The van der Waals surface area contributed by atoms with Crippen molar-refractivity contribution in [2.24, 2.45) is 10.6 Å². The van der Waals surface area contributed by atoms with Gasteiger partial charge < -0.3 is 9.78 Å². The fourth-order valence-electron chi connectivity index (χ4n) is 3.33. The van der Waals surface area contributed by atoms with E-state index in [1.54, 1.807) is 18.2 Å². The van der Waals surface area contributed by atoms with Crippen LogP contribution in [0.5, 0.6) is 0 Å². The van der Waals surface area contributed by atoms with Gasteiger partial charge in [0.05, 0.1) is 6.21 Å². The summed E-state index contributed by atoms with van der Waals surface area (Å²) in [5.74, 6) is -0.692. The quantitative estimate of drug-likeness (QED) is 0.603. The number of aryl methyl sites for hydroxylation is 2. The van der Waals surface area contributed by atoms with E-state index in [-0.39, 0.29) is 11.3 Å². The van der Waals surface area contributed by atoms with Crippen LogP contribution >= 0.6 is 0 Å². The Bertz CT molecular complexity index is 994. The van der Waals surface area contributed by atoms with E-state index in [2.05, 4.69) is 10.6 Å². The second-order valence-corrected chi connectivity index (χ2v) is 8.81. The predicted molar refractivity (Wildman–Crippen MR) is 117 cm³/mol. The first kappa shape index (κ1) is 21.6. The number of nitrogens with zero attached hydrogens (tertiary/aromatic N) is 2. The number of hydrogen-bond acceptors (Lipinski definition) is 5. The minimum atomic E-state index is -1.16. The SMILES string of the molecule is Cc1cc(C)cc(C(=O)N(CC(C)(C)C)NC(=O)c2ccc3c(c2)C=NOB3O)c1. The van der Waals surface area contributed by atoms with Crippen LogP contribution in [-0.2, 0) is 4.76 Å². The number of carbonyl (C=O) groups excluding carboxylic acids is 2. The number of nitrogens with one attached hydrogen (secondary N) is 1. The molecule has 7 nitrogen and oxygen atoms in total. The average molecular weight is 407 g/mol. The topological polar surface area (TPSA) is 91.2 Å². The van der Waals surface area contributed by atoms with Crippen LogP contribution < -0.4 is 10.9 Å². The van der Waals surface area contributed by atoms with Gasteiger partial charge in [0.2, 0.25) is 0 Å². The van der Waals surface area contributed by atoms with Gasteiger partial charge in [0.15, 0.2) is 0 Å². The molecule has 0 aromatic heterocycles. The molecular weight excluding hydrogens is 381 g/mol. The third-order valence-corrected chi connectivity index (χ3v) is 4.55. The summed E-state index contributed by atoms with van der Waals surface area (Å²) in [7, 11) is -1.16. The van der Waals surface area contributed by atoms with Crippen molar-refractivity contribution in [1.82, 2.24) is 10.4 Å². The molecule has 0 bridgehead atoms. The van der Waals surface area contributed by atoms with Crippen molar-refractivity contribution < 1.29 is 19.4 Å². The van der Waals surface area contributed by atoms with Crippen LogP contribution in [0.2, 0.25) is 0 Å². The molecule has 156 valence electrons. The highest BCUT2D eigenvalue weighted by molar-refractivity contribution is 6.62. The summed E-state index contributed by atoms with van der Waals surface area (Å²) >= 11 is 0. The lowest BCUT2D eigenvalue weighted by atomic mass is 9.76.